The number of carboxylic acid groups (broad SMARTS) is 1. The summed E-state index contributed by atoms with van der Waals surface area (Å²) >= 11 is 1.40. The number of rotatable bonds is 4. The molecule has 0 fully saturated rings. The molecular weight excluding hydrogens is 248 g/mol. The van der Waals surface area contributed by atoms with E-state index in [0.717, 1.165) is 10.4 Å². The van der Waals surface area contributed by atoms with Gasteiger partial charge >= 0.3 is 5.97 Å². The van der Waals surface area contributed by atoms with Gasteiger partial charge in [0.15, 0.2) is 0 Å². The number of benzene rings is 1. The molecule has 0 bridgehead atoms. The van der Waals surface area contributed by atoms with Crippen molar-refractivity contribution in [2.45, 2.75) is 0 Å². The highest BCUT2D eigenvalue weighted by Crippen LogP contribution is 2.27. The van der Waals surface area contributed by atoms with E-state index in [1.807, 2.05) is 29.6 Å². The monoisotopic (exact) mass is 260 g/mol. The molecule has 2 rings (SSSR count). The summed E-state index contributed by atoms with van der Waals surface area (Å²) in [5.41, 5.74) is 1.03. The Labute approximate surface area is 109 Å². The van der Waals surface area contributed by atoms with E-state index in [0.29, 0.717) is 5.75 Å². The lowest BCUT2D eigenvalue weighted by Gasteiger charge is -2.05. The largest absolute Gasteiger partial charge is 0.496 e. The Morgan fingerprint density at radius 2 is 2.06 bits per heavy atom. The summed E-state index contributed by atoms with van der Waals surface area (Å²) in [4.78, 5) is 12.0. The molecule has 0 atom stereocenters. The minimum atomic E-state index is -0.941. The van der Waals surface area contributed by atoms with Crippen molar-refractivity contribution in [3.63, 3.8) is 0 Å². The number of methoxy groups -OCH3 is 1. The number of thiophene rings is 1. The van der Waals surface area contributed by atoms with Crippen LogP contribution in [0.2, 0.25) is 0 Å². The Kier molecular flexibility index (Phi) is 3.79. The van der Waals surface area contributed by atoms with Crippen LogP contribution >= 0.6 is 11.3 Å². The van der Waals surface area contributed by atoms with E-state index in [4.69, 9.17) is 4.74 Å². The number of ether oxygens (including phenoxy) is 1. The van der Waals surface area contributed by atoms with Gasteiger partial charge in [-0.2, -0.15) is 0 Å². The fourth-order valence-electron chi connectivity index (χ4n) is 1.61. The molecule has 92 valence electrons. The number of para-hydroxylation sites is 1. The Balaban J connectivity index is 2.49. The van der Waals surface area contributed by atoms with Crippen LogP contribution in [-0.4, -0.2) is 18.2 Å². The van der Waals surface area contributed by atoms with Crippen LogP contribution in [0.4, 0.5) is 0 Å². The highest BCUT2D eigenvalue weighted by molar-refractivity contribution is 7.11. The third kappa shape index (κ3) is 2.60. The van der Waals surface area contributed by atoms with Crippen LogP contribution in [0, 0.1) is 0 Å². The second-order valence-corrected chi connectivity index (χ2v) is 4.53. The maximum Gasteiger partial charge on any atom is 0.337 e. The molecule has 2 aromatic rings. The standard InChI is InChI=1S/C14H12O3S/c1-17-12-6-3-2-5-10(12)9-11(14(15)16)13-7-4-8-18-13/h2-9H,1H3,(H,15,16)/b11-9-. The number of carbonyl (C=O) groups is 1. The Bertz CT molecular complexity index is 570. The van der Waals surface area contributed by atoms with Gasteiger partial charge in [-0.1, -0.05) is 24.3 Å². The zero-order chi connectivity index (χ0) is 13.0. The van der Waals surface area contributed by atoms with E-state index in [-0.39, 0.29) is 5.57 Å². The van der Waals surface area contributed by atoms with Crippen LogP contribution in [0.15, 0.2) is 41.8 Å². The number of hydrogen-bond acceptors (Lipinski definition) is 3. The topological polar surface area (TPSA) is 46.5 Å². The van der Waals surface area contributed by atoms with Gasteiger partial charge in [-0.25, -0.2) is 4.79 Å². The first kappa shape index (κ1) is 12.4. The molecule has 0 amide bonds. The fraction of sp³-hybridized carbons (Fsp3) is 0.0714. The third-order valence-corrected chi connectivity index (χ3v) is 3.36. The molecule has 0 aliphatic heterocycles. The first-order valence-corrected chi connectivity index (χ1v) is 6.22. The number of hydrogen-bond donors (Lipinski definition) is 1. The van der Waals surface area contributed by atoms with Crippen LogP contribution in [0.1, 0.15) is 10.4 Å². The van der Waals surface area contributed by atoms with E-state index in [1.54, 1.807) is 25.3 Å². The molecule has 1 aromatic carbocycles. The third-order valence-electron chi connectivity index (χ3n) is 2.46. The Morgan fingerprint density at radius 3 is 2.67 bits per heavy atom. The number of aliphatic carboxylic acids is 1. The van der Waals surface area contributed by atoms with E-state index >= 15 is 0 Å². The lowest BCUT2D eigenvalue weighted by Crippen LogP contribution is -1.98. The summed E-state index contributed by atoms with van der Waals surface area (Å²) in [5, 5.41) is 11.1. The lowest BCUT2D eigenvalue weighted by molar-refractivity contribution is -0.130. The molecule has 0 saturated heterocycles. The van der Waals surface area contributed by atoms with Crippen molar-refractivity contribution in [3.05, 3.63) is 52.2 Å². The lowest BCUT2D eigenvalue weighted by atomic mass is 10.1. The van der Waals surface area contributed by atoms with Gasteiger partial charge in [0.1, 0.15) is 5.75 Å². The minimum Gasteiger partial charge on any atom is -0.496 e. The average molecular weight is 260 g/mol. The SMILES string of the molecule is COc1ccccc1/C=C(\C(=O)O)c1cccs1. The van der Waals surface area contributed by atoms with Crippen molar-refractivity contribution in [1.82, 2.24) is 0 Å². The predicted molar refractivity (Wildman–Crippen MR) is 72.8 cm³/mol. The smallest absolute Gasteiger partial charge is 0.337 e. The van der Waals surface area contributed by atoms with E-state index < -0.39 is 5.97 Å². The molecule has 18 heavy (non-hydrogen) atoms. The van der Waals surface area contributed by atoms with E-state index in [2.05, 4.69) is 0 Å². The molecule has 3 nitrogen and oxygen atoms in total. The summed E-state index contributed by atoms with van der Waals surface area (Å²) in [5.74, 6) is -0.281. The second kappa shape index (κ2) is 5.51. The first-order chi connectivity index (χ1) is 8.72. The molecular formula is C14H12O3S. The van der Waals surface area contributed by atoms with Crippen molar-refractivity contribution in [2.75, 3.05) is 7.11 Å². The van der Waals surface area contributed by atoms with Gasteiger partial charge in [-0.3, -0.25) is 0 Å². The van der Waals surface area contributed by atoms with Crippen molar-refractivity contribution in [3.8, 4) is 5.75 Å². The minimum absolute atomic E-state index is 0.273. The van der Waals surface area contributed by atoms with Crippen molar-refractivity contribution >= 4 is 29.0 Å². The van der Waals surface area contributed by atoms with Gasteiger partial charge < -0.3 is 9.84 Å². The normalized spacial score (nSPS) is 11.3. The first-order valence-electron chi connectivity index (χ1n) is 5.34. The molecule has 0 radical (unpaired) electrons. The molecule has 0 aliphatic carbocycles. The van der Waals surface area contributed by atoms with Crippen LogP contribution in [-0.2, 0) is 4.79 Å². The maximum absolute atomic E-state index is 11.3. The Morgan fingerprint density at radius 1 is 1.28 bits per heavy atom. The molecule has 0 unspecified atom stereocenters. The predicted octanol–water partition coefficient (Wildman–Crippen LogP) is 3.38. The van der Waals surface area contributed by atoms with Crippen LogP contribution in [0.5, 0.6) is 5.75 Å². The van der Waals surface area contributed by atoms with Crippen LogP contribution in [0.3, 0.4) is 0 Å². The molecule has 1 aromatic heterocycles. The van der Waals surface area contributed by atoms with Gasteiger partial charge in [-0.05, 0) is 23.6 Å². The summed E-state index contributed by atoms with van der Waals surface area (Å²) in [6.45, 7) is 0. The average Bonchev–Trinajstić information content (AvgIpc) is 2.89. The van der Waals surface area contributed by atoms with E-state index in [1.165, 1.54) is 11.3 Å². The zero-order valence-corrected chi connectivity index (χ0v) is 10.6. The maximum atomic E-state index is 11.3. The Hall–Kier alpha value is -2.07. The fourth-order valence-corrected chi connectivity index (χ4v) is 2.35. The summed E-state index contributed by atoms with van der Waals surface area (Å²) in [6, 6.07) is 11.0. The summed E-state index contributed by atoms with van der Waals surface area (Å²) < 4.78 is 5.21. The highest BCUT2D eigenvalue weighted by Gasteiger charge is 2.12. The quantitative estimate of drug-likeness (QED) is 0.857. The van der Waals surface area contributed by atoms with Gasteiger partial charge in [0.05, 0.1) is 12.7 Å². The molecule has 0 aliphatic rings. The zero-order valence-electron chi connectivity index (χ0n) is 9.79. The van der Waals surface area contributed by atoms with Crippen LogP contribution < -0.4 is 4.74 Å². The van der Waals surface area contributed by atoms with Gasteiger partial charge in [0, 0.05) is 10.4 Å². The van der Waals surface area contributed by atoms with E-state index in [9.17, 15) is 9.90 Å². The highest BCUT2D eigenvalue weighted by atomic mass is 32.1. The molecule has 0 saturated carbocycles. The summed E-state index contributed by atoms with van der Waals surface area (Å²) in [7, 11) is 1.57. The van der Waals surface area contributed by atoms with Gasteiger partial charge in [-0.15, -0.1) is 11.3 Å². The number of carboxylic acids is 1. The van der Waals surface area contributed by atoms with Crippen molar-refractivity contribution < 1.29 is 14.6 Å². The van der Waals surface area contributed by atoms with Gasteiger partial charge in [0.2, 0.25) is 0 Å². The van der Waals surface area contributed by atoms with Crippen LogP contribution in [0.25, 0.3) is 11.6 Å². The second-order valence-electron chi connectivity index (χ2n) is 3.58. The summed E-state index contributed by atoms with van der Waals surface area (Å²) in [6.07, 6.45) is 1.63. The molecule has 1 N–H and O–H groups in total. The molecule has 4 heteroatoms. The molecule has 1 heterocycles. The van der Waals surface area contributed by atoms with Crippen molar-refractivity contribution in [1.29, 1.82) is 0 Å². The molecule has 0 spiro atoms. The van der Waals surface area contributed by atoms with Gasteiger partial charge in [0.25, 0.3) is 0 Å². The van der Waals surface area contributed by atoms with Crippen molar-refractivity contribution in [2.24, 2.45) is 0 Å².